The summed E-state index contributed by atoms with van der Waals surface area (Å²) in [7, 11) is 0. The number of rotatable bonds is 5. The fourth-order valence-corrected chi connectivity index (χ4v) is 4.46. The number of para-hydroxylation sites is 2. The molecular formula is C26H22FN3O3. The molecule has 2 heterocycles. The Morgan fingerprint density at radius 3 is 2.55 bits per heavy atom. The van der Waals surface area contributed by atoms with Crippen molar-refractivity contribution in [2.75, 3.05) is 11.5 Å². The maximum absolute atomic E-state index is 14.2. The number of fused-ring (bicyclic) bond motifs is 3. The summed E-state index contributed by atoms with van der Waals surface area (Å²) in [5.41, 5.74) is 2.84. The van der Waals surface area contributed by atoms with E-state index in [9.17, 15) is 14.0 Å². The summed E-state index contributed by atoms with van der Waals surface area (Å²) in [6, 6.07) is 22.2. The number of carbonyl (C=O) groups is 2. The van der Waals surface area contributed by atoms with Gasteiger partial charge in [0.2, 0.25) is 11.9 Å². The van der Waals surface area contributed by atoms with E-state index in [1.807, 2.05) is 59.2 Å². The lowest BCUT2D eigenvalue weighted by molar-refractivity contribution is -0.153. The van der Waals surface area contributed by atoms with Crippen LogP contribution in [0.25, 0.3) is 11.0 Å². The maximum Gasteiger partial charge on any atom is 0.321 e. The first-order valence-electron chi connectivity index (χ1n) is 10.8. The summed E-state index contributed by atoms with van der Waals surface area (Å²) in [4.78, 5) is 33.2. The Morgan fingerprint density at radius 2 is 1.79 bits per heavy atom. The van der Waals surface area contributed by atoms with E-state index >= 15 is 0 Å². The van der Waals surface area contributed by atoms with Gasteiger partial charge in [0.1, 0.15) is 5.82 Å². The van der Waals surface area contributed by atoms with Crippen LogP contribution in [0.4, 0.5) is 10.3 Å². The van der Waals surface area contributed by atoms with Crippen molar-refractivity contribution in [1.82, 2.24) is 9.55 Å². The minimum atomic E-state index is -1.18. The molecule has 1 amide bonds. The zero-order valence-electron chi connectivity index (χ0n) is 18.0. The number of aromatic nitrogens is 2. The van der Waals surface area contributed by atoms with E-state index in [1.54, 1.807) is 19.1 Å². The number of hydrogen-bond acceptors (Lipinski definition) is 4. The number of esters is 1. The van der Waals surface area contributed by atoms with E-state index in [2.05, 4.69) is 0 Å². The van der Waals surface area contributed by atoms with Gasteiger partial charge in [-0.1, -0.05) is 54.6 Å². The van der Waals surface area contributed by atoms with Crippen LogP contribution in [-0.4, -0.2) is 28.0 Å². The van der Waals surface area contributed by atoms with E-state index in [0.717, 1.165) is 11.1 Å². The first-order valence-corrected chi connectivity index (χ1v) is 10.8. The largest absolute Gasteiger partial charge is 0.465 e. The minimum Gasteiger partial charge on any atom is -0.465 e. The summed E-state index contributed by atoms with van der Waals surface area (Å²) in [6.45, 7) is 2.08. The third-order valence-corrected chi connectivity index (χ3v) is 5.86. The Labute approximate surface area is 190 Å². The molecule has 5 rings (SSSR count). The van der Waals surface area contributed by atoms with Crippen LogP contribution in [0, 0.1) is 11.7 Å². The zero-order valence-corrected chi connectivity index (χ0v) is 18.0. The Morgan fingerprint density at radius 1 is 1.03 bits per heavy atom. The van der Waals surface area contributed by atoms with Crippen LogP contribution in [0.2, 0.25) is 0 Å². The number of anilines is 1. The highest BCUT2D eigenvalue weighted by atomic mass is 19.1. The van der Waals surface area contributed by atoms with Crippen molar-refractivity contribution < 1.29 is 18.7 Å². The number of imidazole rings is 1. The second-order valence-corrected chi connectivity index (χ2v) is 7.91. The average molecular weight is 443 g/mol. The molecule has 0 spiro atoms. The number of amides is 1. The standard InChI is InChI=1S/C26H22FN3O3/c1-2-33-25(32)22-23(18-11-8-12-19(27)15-18)30-21-14-7-6-13-20(21)28-26(30)29(24(22)31)16-17-9-4-3-5-10-17/h3-15,22-23H,2,16H2,1H3/t22-,23+/m1/s1. The van der Waals surface area contributed by atoms with Gasteiger partial charge in [-0.2, -0.15) is 0 Å². The van der Waals surface area contributed by atoms with Crippen molar-refractivity contribution in [1.29, 1.82) is 0 Å². The van der Waals surface area contributed by atoms with Gasteiger partial charge in [0.25, 0.3) is 0 Å². The molecule has 0 N–H and O–H groups in total. The number of hydrogen-bond donors (Lipinski definition) is 0. The van der Waals surface area contributed by atoms with Crippen molar-refractivity contribution in [3.05, 3.63) is 95.8 Å². The van der Waals surface area contributed by atoms with Gasteiger partial charge in [-0.05, 0) is 42.3 Å². The molecular weight excluding hydrogens is 421 g/mol. The molecule has 0 saturated heterocycles. The summed E-state index contributed by atoms with van der Waals surface area (Å²) in [5, 5.41) is 0. The monoisotopic (exact) mass is 443 g/mol. The first kappa shape index (κ1) is 20.9. The predicted octanol–water partition coefficient (Wildman–Crippen LogP) is 4.49. The normalized spacial score (nSPS) is 17.8. The third kappa shape index (κ3) is 3.65. The number of carbonyl (C=O) groups excluding carboxylic acids is 2. The van der Waals surface area contributed by atoms with Crippen LogP contribution in [0.15, 0.2) is 78.9 Å². The van der Waals surface area contributed by atoms with Crippen LogP contribution in [-0.2, 0) is 20.9 Å². The van der Waals surface area contributed by atoms with Crippen molar-refractivity contribution in [3.63, 3.8) is 0 Å². The maximum atomic E-state index is 14.2. The highest BCUT2D eigenvalue weighted by molar-refractivity contribution is 6.08. The van der Waals surface area contributed by atoms with Crippen LogP contribution in [0.5, 0.6) is 0 Å². The molecule has 6 nitrogen and oxygen atoms in total. The zero-order chi connectivity index (χ0) is 22.9. The van der Waals surface area contributed by atoms with Crippen LogP contribution in [0.3, 0.4) is 0 Å². The molecule has 2 atom stereocenters. The molecule has 0 unspecified atom stereocenters. The Bertz CT molecular complexity index is 1340. The van der Waals surface area contributed by atoms with E-state index in [0.29, 0.717) is 17.0 Å². The smallest absolute Gasteiger partial charge is 0.321 e. The average Bonchev–Trinajstić information content (AvgIpc) is 3.20. The van der Waals surface area contributed by atoms with Crippen LogP contribution in [0.1, 0.15) is 24.1 Å². The number of halogens is 1. The summed E-state index contributed by atoms with van der Waals surface area (Å²) in [5.74, 6) is -2.27. The molecule has 1 aromatic heterocycles. The van der Waals surface area contributed by atoms with E-state index in [-0.39, 0.29) is 13.2 Å². The van der Waals surface area contributed by atoms with Gasteiger partial charge < -0.3 is 9.30 Å². The van der Waals surface area contributed by atoms with E-state index in [1.165, 1.54) is 17.0 Å². The lowest BCUT2D eigenvalue weighted by Crippen LogP contribution is -2.49. The number of nitrogens with zero attached hydrogens (tertiary/aromatic N) is 3. The molecule has 0 bridgehead atoms. The van der Waals surface area contributed by atoms with Gasteiger partial charge in [-0.15, -0.1) is 0 Å². The van der Waals surface area contributed by atoms with Crippen molar-refractivity contribution in [3.8, 4) is 0 Å². The topological polar surface area (TPSA) is 64.4 Å². The molecule has 7 heteroatoms. The summed E-state index contributed by atoms with van der Waals surface area (Å²) >= 11 is 0. The SMILES string of the molecule is CCOC(=O)[C@H]1C(=O)N(Cc2ccccc2)c2nc3ccccc3n2[C@H]1c1cccc(F)c1. The van der Waals surface area contributed by atoms with Crippen LogP contribution < -0.4 is 4.90 Å². The van der Waals surface area contributed by atoms with Gasteiger partial charge in [0.15, 0.2) is 5.92 Å². The van der Waals surface area contributed by atoms with Gasteiger partial charge in [-0.3, -0.25) is 14.5 Å². The number of ether oxygens (including phenoxy) is 1. The third-order valence-electron chi connectivity index (χ3n) is 5.86. The van der Waals surface area contributed by atoms with Crippen molar-refractivity contribution in [2.45, 2.75) is 19.5 Å². The Hall–Kier alpha value is -4.00. The highest BCUT2D eigenvalue weighted by Crippen LogP contribution is 2.41. The minimum absolute atomic E-state index is 0.134. The van der Waals surface area contributed by atoms with Crippen molar-refractivity contribution in [2.24, 2.45) is 5.92 Å². The Kier molecular flexibility index (Phi) is 5.38. The van der Waals surface area contributed by atoms with Crippen LogP contribution >= 0.6 is 0 Å². The molecule has 0 saturated carbocycles. The molecule has 1 aliphatic heterocycles. The molecule has 166 valence electrons. The quantitative estimate of drug-likeness (QED) is 0.337. The van der Waals surface area contributed by atoms with E-state index < -0.39 is 29.7 Å². The molecule has 0 radical (unpaired) electrons. The van der Waals surface area contributed by atoms with Gasteiger partial charge in [0.05, 0.1) is 30.2 Å². The second kappa shape index (κ2) is 8.50. The Balaban J connectivity index is 1.76. The molecule has 0 fully saturated rings. The molecule has 1 aliphatic rings. The van der Waals surface area contributed by atoms with E-state index in [4.69, 9.17) is 9.72 Å². The molecule has 3 aromatic carbocycles. The molecule has 0 aliphatic carbocycles. The fraction of sp³-hybridized carbons (Fsp3) is 0.192. The van der Waals surface area contributed by atoms with Gasteiger partial charge in [-0.25, -0.2) is 9.37 Å². The molecule has 33 heavy (non-hydrogen) atoms. The highest BCUT2D eigenvalue weighted by Gasteiger charge is 2.47. The lowest BCUT2D eigenvalue weighted by atomic mass is 9.89. The predicted molar refractivity (Wildman–Crippen MR) is 122 cm³/mol. The van der Waals surface area contributed by atoms with Gasteiger partial charge in [0, 0.05) is 0 Å². The summed E-state index contributed by atoms with van der Waals surface area (Å²) in [6.07, 6.45) is 0. The fourth-order valence-electron chi connectivity index (χ4n) is 4.46. The lowest BCUT2D eigenvalue weighted by Gasteiger charge is -2.38. The van der Waals surface area contributed by atoms with Crippen molar-refractivity contribution >= 4 is 28.9 Å². The summed E-state index contributed by atoms with van der Waals surface area (Å²) < 4.78 is 21.4. The first-order chi connectivity index (χ1) is 16.1. The molecule has 4 aromatic rings. The second-order valence-electron chi connectivity index (χ2n) is 7.91. The van der Waals surface area contributed by atoms with Gasteiger partial charge >= 0.3 is 5.97 Å². The number of benzene rings is 3.